The van der Waals surface area contributed by atoms with Gasteiger partial charge in [0, 0.05) is 26.7 Å². The van der Waals surface area contributed by atoms with E-state index in [1.807, 2.05) is 0 Å². The molecule has 1 unspecified atom stereocenters. The minimum Gasteiger partial charge on any atom is -0.396 e. The van der Waals surface area contributed by atoms with Crippen molar-refractivity contribution in [3.63, 3.8) is 0 Å². The Morgan fingerprint density at radius 2 is 2.33 bits per heavy atom. The summed E-state index contributed by atoms with van der Waals surface area (Å²) in [5.41, 5.74) is 7.52. The van der Waals surface area contributed by atoms with Crippen LogP contribution in [0.5, 0.6) is 0 Å². The Labute approximate surface area is 106 Å². The lowest BCUT2D eigenvalue weighted by Gasteiger charge is -2.16. The fourth-order valence-electron chi connectivity index (χ4n) is 2.51. The Morgan fingerprint density at radius 3 is 2.89 bits per heavy atom. The third-order valence-electron chi connectivity index (χ3n) is 3.58. The molecule has 3 N–H and O–H groups in total. The van der Waals surface area contributed by atoms with Crippen molar-refractivity contribution >= 4 is 11.6 Å². The molecule has 0 aliphatic carbocycles. The third kappa shape index (κ3) is 2.20. The Morgan fingerprint density at radius 1 is 1.61 bits per heavy atom. The lowest BCUT2D eigenvalue weighted by atomic mass is 10.1. The SMILES string of the molecule is Cc1nn(C)c(C(=O)N2CCC(CCO)C2)c1N. The summed E-state index contributed by atoms with van der Waals surface area (Å²) in [6.45, 7) is 3.40. The number of aliphatic hydroxyl groups is 1. The highest BCUT2D eigenvalue weighted by Gasteiger charge is 2.29. The first kappa shape index (κ1) is 12.9. The van der Waals surface area contributed by atoms with Crippen LogP contribution in [-0.2, 0) is 7.05 Å². The van der Waals surface area contributed by atoms with Gasteiger partial charge in [0.15, 0.2) is 0 Å². The molecule has 2 rings (SSSR count). The quantitative estimate of drug-likeness (QED) is 0.802. The molecule has 0 bridgehead atoms. The van der Waals surface area contributed by atoms with E-state index in [1.54, 1.807) is 23.6 Å². The van der Waals surface area contributed by atoms with Gasteiger partial charge < -0.3 is 15.7 Å². The molecule has 1 aromatic rings. The molecule has 1 atom stereocenters. The number of nitrogens with zero attached hydrogens (tertiary/aromatic N) is 3. The lowest BCUT2D eigenvalue weighted by Crippen LogP contribution is -2.31. The Balaban J connectivity index is 2.13. The zero-order valence-corrected chi connectivity index (χ0v) is 10.9. The van der Waals surface area contributed by atoms with Gasteiger partial charge in [-0.3, -0.25) is 9.48 Å². The molecule has 0 spiro atoms. The summed E-state index contributed by atoms with van der Waals surface area (Å²) in [4.78, 5) is 14.2. The number of likely N-dealkylation sites (tertiary alicyclic amines) is 1. The average Bonchev–Trinajstić information content (AvgIpc) is 2.86. The second-order valence-corrected chi connectivity index (χ2v) is 4.89. The van der Waals surface area contributed by atoms with Gasteiger partial charge in [0.05, 0.1) is 11.4 Å². The van der Waals surface area contributed by atoms with E-state index in [4.69, 9.17) is 10.8 Å². The Hall–Kier alpha value is -1.56. The number of nitrogen functional groups attached to an aromatic ring is 1. The molecule has 1 fully saturated rings. The number of aromatic nitrogens is 2. The molecule has 1 aromatic heterocycles. The van der Waals surface area contributed by atoms with Gasteiger partial charge in [-0.15, -0.1) is 0 Å². The van der Waals surface area contributed by atoms with Crippen molar-refractivity contribution in [2.45, 2.75) is 19.8 Å². The number of nitrogens with two attached hydrogens (primary N) is 1. The second kappa shape index (κ2) is 4.97. The summed E-state index contributed by atoms with van der Waals surface area (Å²) >= 11 is 0. The summed E-state index contributed by atoms with van der Waals surface area (Å²) in [5, 5.41) is 13.1. The van der Waals surface area contributed by atoms with Gasteiger partial charge >= 0.3 is 0 Å². The second-order valence-electron chi connectivity index (χ2n) is 4.89. The van der Waals surface area contributed by atoms with Crippen LogP contribution in [-0.4, -0.2) is 45.4 Å². The van der Waals surface area contributed by atoms with E-state index in [-0.39, 0.29) is 12.5 Å². The maximum atomic E-state index is 12.4. The highest BCUT2D eigenvalue weighted by atomic mass is 16.3. The normalized spacial score (nSPS) is 19.5. The number of amides is 1. The molecule has 1 aliphatic heterocycles. The maximum absolute atomic E-state index is 12.4. The van der Waals surface area contributed by atoms with Gasteiger partial charge in [-0.2, -0.15) is 5.10 Å². The van der Waals surface area contributed by atoms with Crippen molar-refractivity contribution < 1.29 is 9.90 Å². The van der Waals surface area contributed by atoms with Crippen LogP contribution in [0.3, 0.4) is 0 Å². The fourth-order valence-corrected chi connectivity index (χ4v) is 2.51. The molecule has 6 nitrogen and oxygen atoms in total. The highest BCUT2D eigenvalue weighted by Crippen LogP contribution is 2.24. The molecule has 1 aliphatic rings. The molecule has 0 radical (unpaired) electrons. The molecule has 0 aromatic carbocycles. The van der Waals surface area contributed by atoms with Crippen molar-refractivity contribution in [3.8, 4) is 0 Å². The van der Waals surface area contributed by atoms with Gasteiger partial charge in [0.1, 0.15) is 5.69 Å². The Bertz CT molecular complexity index is 455. The number of rotatable bonds is 3. The largest absolute Gasteiger partial charge is 0.396 e. The van der Waals surface area contributed by atoms with Crippen molar-refractivity contribution in [2.75, 3.05) is 25.4 Å². The van der Waals surface area contributed by atoms with E-state index in [0.29, 0.717) is 29.5 Å². The molecule has 2 heterocycles. The van der Waals surface area contributed by atoms with Crippen molar-refractivity contribution in [3.05, 3.63) is 11.4 Å². The van der Waals surface area contributed by atoms with Gasteiger partial charge in [-0.1, -0.05) is 0 Å². The molecule has 100 valence electrons. The number of carbonyl (C=O) groups excluding carboxylic acids is 1. The van der Waals surface area contributed by atoms with Gasteiger partial charge in [0.25, 0.3) is 5.91 Å². The minimum atomic E-state index is -0.0592. The molecule has 18 heavy (non-hydrogen) atoms. The number of hydrogen-bond acceptors (Lipinski definition) is 4. The summed E-state index contributed by atoms with van der Waals surface area (Å²) < 4.78 is 1.55. The molecular weight excluding hydrogens is 232 g/mol. The molecule has 0 saturated carbocycles. The number of hydrogen-bond donors (Lipinski definition) is 2. The first-order valence-electron chi connectivity index (χ1n) is 6.23. The molecular formula is C12H20N4O2. The van der Waals surface area contributed by atoms with Crippen molar-refractivity contribution in [2.24, 2.45) is 13.0 Å². The fraction of sp³-hybridized carbons (Fsp3) is 0.667. The standard InChI is InChI=1S/C12H20N4O2/c1-8-10(13)11(15(2)14-8)12(18)16-5-3-9(7-16)4-6-17/h9,17H,3-7,13H2,1-2H3. The predicted octanol–water partition coefficient (Wildman–Crippen LogP) is 0.155. The van der Waals surface area contributed by atoms with Gasteiger partial charge in [0.2, 0.25) is 0 Å². The van der Waals surface area contributed by atoms with E-state index < -0.39 is 0 Å². The van der Waals surface area contributed by atoms with Crippen LogP contribution in [0.15, 0.2) is 0 Å². The predicted molar refractivity (Wildman–Crippen MR) is 68.1 cm³/mol. The van der Waals surface area contributed by atoms with E-state index >= 15 is 0 Å². The lowest BCUT2D eigenvalue weighted by molar-refractivity contribution is 0.0775. The highest BCUT2D eigenvalue weighted by molar-refractivity contribution is 5.98. The minimum absolute atomic E-state index is 0.0592. The average molecular weight is 252 g/mol. The van der Waals surface area contributed by atoms with Crippen LogP contribution in [0, 0.1) is 12.8 Å². The first-order chi connectivity index (χ1) is 8.54. The van der Waals surface area contributed by atoms with Crippen molar-refractivity contribution in [1.29, 1.82) is 0 Å². The number of aryl methyl sites for hydroxylation is 2. The third-order valence-corrected chi connectivity index (χ3v) is 3.58. The monoisotopic (exact) mass is 252 g/mol. The van der Waals surface area contributed by atoms with Crippen LogP contribution in [0.4, 0.5) is 5.69 Å². The van der Waals surface area contributed by atoms with Crippen LogP contribution in [0.2, 0.25) is 0 Å². The van der Waals surface area contributed by atoms with E-state index in [1.165, 1.54) is 0 Å². The number of aliphatic hydroxyl groups excluding tert-OH is 1. The summed E-state index contributed by atoms with van der Waals surface area (Å²) in [6.07, 6.45) is 1.70. The summed E-state index contributed by atoms with van der Waals surface area (Å²) in [6, 6.07) is 0. The zero-order chi connectivity index (χ0) is 13.3. The van der Waals surface area contributed by atoms with E-state index in [9.17, 15) is 4.79 Å². The first-order valence-corrected chi connectivity index (χ1v) is 6.23. The van der Waals surface area contributed by atoms with E-state index in [2.05, 4.69) is 5.10 Å². The van der Waals surface area contributed by atoms with E-state index in [0.717, 1.165) is 19.4 Å². The van der Waals surface area contributed by atoms with Crippen molar-refractivity contribution in [1.82, 2.24) is 14.7 Å². The topological polar surface area (TPSA) is 84.4 Å². The van der Waals surface area contributed by atoms with Crippen LogP contribution < -0.4 is 5.73 Å². The molecule has 1 saturated heterocycles. The van der Waals surface area contributed by atoms with Crippen LogP contribution in [0.1, 0.15) is 29.0 Å². The van der Waals surface area contributed by atoms with Gasteiger partial charge in [-0.05, 0) is 25.7 Å². The zero-order valence-electron chi connectivity index (χ0n) is 10.9. The number of carbonyl (C=O) groups is 1. The van der Waals surface area contributed by atoms with Crippen LogP contribution in [0.25, 0.3) is 0 Å². The Kier molecular flexibility index (Phi) is 3.56. The molecule has 1 amide bonds. The summed E-state index contributed by atoms with van der Waals surface area (Å²) in [7, 11) is 1.73. The smallest absolute Gasteiger partial charge is 0.274 e. The molecule has 6 heteroatoms. The number of anilines is 1. The van der Waals surface area contributed by atoms with Gasteiger partial charge in [-0.25, -0.2) is 0 Å². The maximum Gasteiger partial charge on any atom is 0.274 e. The summed E-state index contributed by atoms with van der Waals surface area (Å²) in [5.74, 6) is 0.338. The van der Waals surface area contributed by atoms with Crippen LogP contribution >= 0.6 is 0 Å².